The molecule has 2 aliphatic heterocycles. The molecule has 2 aliphatic rings. The molecule has 1 aromatic rings. The molecule has 1 N–H and O–H groups in total. The van der Waals surface area contributed by atoms with Gasteiger partial charge in [0, 0.05) is 5.92 Å². The highest BCUT2D eigenvalue weighted by Crippen LogP contribution is 2.33. The maximum Gasteiger partial charge on any atom is 0.122 e. The number of hydrogen-bond acceptors (Lipinski definition) is 2. The lowest BCUT2D eigenvalue weighted by atomic mass is 9.80. The van der Waals surface area contributed by atoms with Crippen molar-refractivity contribution in [2.45, 2.75) is 19.3 Å². The first kappa shape index (κ1) is 10.2. The molecule has 1 fully saturated rings. The zero-order valence-electron chi connectivity index (χ0n) is 9.61. The van der Waals surface area contributed by atoms with E-state index >= 15 is 0 Å². The van der Waals surface area contributed by atoms with Crippen LogP contribution in [0.1, 0.15) is 18.4 Å². The fraction of sp³-hybridized carbons (Fsp3) is 0.571. The highest BCUT2D eigenvalue weighted by atomic mass is 16.5. The summed E-state index contributed by atoms with van der Waals surface area (Å²) in [5, 5.41) is 3.43. The van der Waals surface area contributed by atoms with E-state index in [1.807, 2.05) is 0 Å². The Morgan fingerprint density at radius 1 is 1.06 bits per heavy atom. The molecule has 0 radical (unpaired) electrons. The van der Waals surface area contributed by atoms with Gasteiger partial charge in [0.25, 0.3) is 0 Å². The van der Waals surface area contributed by atoms with E-state index in [1.54, 1.807) is 0 Å². The van der Waals surface area contributed by atoms with E-state index in [-0.39, 0.29) is 0 Å². The van der Waals surface area contributed by atoms with Gasteiger partial charge in [-0.1, -0.05) is 18.2 Å². The summed E-state index contributed by atoms with van der Waals surface area (Å²) in [6.07, 6.45) is 3.84. The van der Waals surface area contributed by atoms with Crippen molar-refractivity contribution in [1.29, 1.82) is 0 Å². The minimum absolute atomic E-state index is 0.733. The van der Waals surface area contributed by atoms with E-state index in [2.05, 4.69) is 29.6 Å². The number of piperidine rings is 1. The fourth-order valence-corrected chi connectivity index (χ4v) is 2.97. The van der Waals surface area contributed by atoms with Crippen LogP contribution in [-0.4, -0.2) is 19.7 Å². The van der Waals surface area contributed by atoms with Crippen LogP contribution >= 0.6 is 0 Å². The minimum Gasteiger partial charge on any atom is -0.493 e. The predicted octanol–water partition coefficient (Wildman–Crippen LogP) is 2.24. The normalized spacial score (nSPS) is 25.9. The molecule has 1 unspecified atom stereocenters. The Balaban J connectivity index is 1.72. The van der Waals surface area contributed by atoms with E-state index in [4.69, 9.17) is 4.74 Å². The molecular formula is C14H19NO. The molecule has 0 bridgehead atoms. The number of hydrogen-bond donors (Lipinski definition) is 1. The third kappa shape index (κ3) is 1.94. The first-order valence-electron chi connectivity index (χ1n) is 6.35. The van der Waals surface area contributed by atoms with Crippen LogP contribution in [0.15, 0.2) is 24.3 Å². The summed E-state index contributed by atoms with van der Waals surface area (Å²) in [7, 11) is 0. The van der Waals surface area contributed by atoms with Gasteiger partial charge in [0.15, 0.2) is 0 Å². The molecule has 1 saturated heterocycles. The monoisotopic (exact) mass is 217 g/mol. The number of fused-ring (bicyclic) bond motifs is 1. The average Bonchev–Trinajstić information content (AvgIpc) is 2.39. The van der Waals surface area contributed by atoms with Crippen LogP contribution in [0, 0.1) is 11.8 Å². The molecule has 2 nitrogen and oxygen atoms in total. The first-order valence-corrected chi connectivity index (χ1v) is 6.35. The summed E-state index contributed by atoms with van der Waals surface area (Å²) in [5.74, 6) is 2.69. The van der Waals surface area contributed by atoms with Gasteiger partial charge in [-0.25, -0.2) is 0 Å². The maximum atomic E-state index is 5.87. The average molecular weight is 217 g/mol. The Hall–Kier alpha value is -1.02. The Kier molecular flexibility index (Phi) is 2.83. The van der Waals surface area contributed by atoms with Gasteiger partial charge in [0.1, 0.15) is 5.75 Å². The maximum absolute atomic E-state index is 5.87. The van der Waals surface area contributed by atoms with Gasteiger partial charge in [0.05, 0.1) is 6.61 Å². The van der Waals surface area contributed by atoms with Crippen molar-refractivity contribution in [3.63, 3.8) is 0 Å². The van der Waals surface area contributed by atoms with E-state index in [0.717, 1.165) is 24.2 Å². The summed E-state index contributed by atoms with van der Waals surface area (Å²) >= 11 is 0. The Morgan fingerprint density at radius 3 is 2.75 bits per heavy atom. The van der Waals surface area contributed by atoms with E-state index in [1.165, 1.54) is 37.9 Å². The molecule has 0 amide bonds. The molecular weight excluding hydrogens is 198 g/mol. The molecule has 3 rings (SSSR count). The quantitative estimate of drug-likeness (QED) is 0.779. The second kappa shape index (κ2) is 4.46. The highest BCUT2D eigenvalue weighted by molar-refractivity contribution is 5.35. The van der Waals surface area contributed by atoms with E-state index in [9.17, 15) is 0 Å². The zero-order valence-corrected chi connectivity index (χ0v) is 9.61. The van der Waals surface area contributed by atoms with Crippen LogP contribution < -0.4 is 10.1 Å². The third-order valence-electron chi connectivity index (χ3n) is 3.96. The van der Waals surface area contributed by atoms with Crippen molar-refractivity contribution in [2.24, 2.45) is 11.8 Å². The van der Waals surface area contributed by atoms with Crippen molar-refractivity contribution in [1.82, 2.24) is 5.32 Å². The van der Waals surface area contributed by atoms with Gasteiger partial charge in [-0.05, 0) is 49.9 Å². The molecule has 2 heteroatoms. The molecule has 1 aromatic carbocycles. The van der Waals surface area contributed by atoms with Crippen LogP contribution in [0.25, 0.3) is 0 Å². The number of ether oxygens (including phenoxy) is 1. The molecule has 0 aliphatic carbocycles. The zero-order chi connectivity index (χ0) is 10.8. The predicted molar refractivity (Wildman–Crippen MR) is 64.7 cm³/mol. The van der Waals surface area contributed by atoms with Gasteiger partial charge < -0.3 is 10.1 Å². The lowest BCUT2D eigenvalue weighted by Gasteiger charge is -2.34. The Bertz CT molecular complexity index is 358. The molecule has 0 aromatic heterocycles. The van der Waals surface area contributed by atoms with Crippen molar-refractivity contribution < 1.29 is 4.74 Å². The summed E-state index contributed by atoms with van der Waals surface area (Å²) < 4.78 is 5.87. The van der Waals surface area contributed by atoms with Crippen LogP contribution in [0.4, 0.5) is 0 Å². The van der Waals surface area contributed by atoms with Crippen LogP contribution in [-0.2, 0) is 6.42 Å². The van der Waals surface area contributed by atoms with Gasteiger partial charge in [0.2, 0.25) is 0 Å². The number of rotatable bonds is 1. The SMILES string of the molecule is c1ccc2c(c1)CC(C1CCNCC1)CO2. The van der Waals surface area contributed by atoms with E-state index < -0.39 is 0 Å². The molecule has 0 saturated carbocycles. The standard InChI is InChI=1S/C14H19NO/c1-2-4-14-12(3-1)9-13(10-16-14)11-5-7-15-8-6-11/h1-4,11,13,15H,5-10H2. The number of nitrogens with one attached hydrogen (secondary N) is 1. The van der Waals surface area contributed by atoms with Crippen molar-refractivity contribution >= 4 is 0 Å². The lowest BCUT2D eigenvalue weighted by molar-refractivity contribution is 0.148. The van der Waals surface area contributed by atoms with Crippen molar-refractivity contribution in [2.75, 3.05) is 19.7 Å². The lowest BCUT2D eigenvalue weighted by Crippen LogP contribution is -2.36. The smallest absolute Gasteiger partial charge is 0.122 e. The summed E-state index contributed by atoms with van der Waals surface area (Å²) in [6, 6.07) is 8.48. The summed E-state index contributed by atoms with van der Waals surface area (Å²) in [6.45, 7) is 3.29. The van der Waals surface area contributed by atoms with E-state index in [0.29, 0.717) is 0 Å². The van der Waals surface area contributed by atoms with Crippen molar-refractivity contribution in [3.8, 4) is 5.75 Å². The number of benzene rings is 1. The van der Waals surface area contributed by atoms with Crippen LogP contribution in [0.2, 0.25) is 0 Å². The Labute approximate surface area is 97.0 Å². The van der Waals surface area contributed by atoms with Gasteiger partial charge in [-0.15, -0.1) is 0 Å². The second-order valence-electron chi connectivity index (χ2n) is 4.97. The summed E-state index contributed by atoms with van der Waals surface area (Å²) in [4.78, 5) is 0. The molecule has 2 heterocycles. The van der Waals surface area contributed by atoms with Crippen LogP contribution in [0.5, 0.6) is 5.75 Å². The van der Waals surface area contributed by atoms with Gasteiger partial charge in [-0.3, -0.25) is 0 Å². The Morgan fingerprint density at radius 2 is 1.88 bits per heavy atom. The van der Waals surface area contributed by atoms with Gasteiger partial charge >= 0.3 is 0 Å². The third-order valence-corrected chi connectivity index (χ3v) is 3.96. The first-order chi connectivity index (χ1) is 7.93. The largest absolute Gasteiger partial charge is 0.493 e. The molecule has 1 atom stereocenters. The fourth-order valence-electron chi connectivity index (χ4n) is 2.97. The molecule has 16 heavy (non-hydrogen) atoms. The van der Waals surface area contributed by atoms with Crippen molar-refractivity contribution in [3.05, 3.63) is 29.8 Å². The topological polar surface area (TPSA) is 21.3 Å². The minimum atomic E-state index is 0.733. The number of para-hydroxylation sites is 1. The highest BCUT2D eigenvalue weighted by Gasteiger charge is 2.28. The summed E-state index contributed by atoms with van der Waals surface area (Å²) in [5.41, 5.74) is 1.40. The molecule has 0 spiro atoms. The van der Waals surface area contributed by atoms with Gasteiger partial charge in [-0.2, -0.15) is 0 Å². The second-order valence-corrected chi connectivity index (χ2v) is 4.97. The molecule has 86 valence electrons. The van der Waals surface area contributed by atoms with Crippen LogP contribution in [0.3, 0.4) is 0 Å².